The second kappa shape index (κ2) is 13.0. The van der Waals surface area contributed by atoms with Crippen molar-refractivity contribution in [3.05, 3.63) is 47.2 Å². The van der Waals surface area contributed by atoms with Crippen LogP contribution in [-0.4, -0.2) is 80.8 Å². The number of hydrogen-bond donors (Lipinski definition) is 4. The second-order valence-electron chi connectivity index (χ2n) is 9.91. The van der Waals surface area contributed by atoms with Crippen LogP contribution in [0.1, 0.15) is 22.3 Å². The zero-order valence-electron chi connectivity index (χ0n) is 23.3. The lowest BCUT2D eigenvalue weighted by Crippen LogP contribution is -2.54. The molecule has 250 valence electrons. The number of anilines is 1. The monoisotopic (exact) mass is 692 g/mol. The first-order valence-corrected chi connectivity index (χ1v) is 13.9. The maximum absolute atomic E-state index is 15.8. The highest BCUT2D eigenvalue weighted by atomic mass is 32.1. The van der Waals surface area contributed by atoms with Crippen LogP contribution in [0.4, 0.5) is 40.1 Å². The Balaban J connectivity index is 0.000000301. The van der Waals surface area contributed by atoms with Gasteiger partial charge < -0.3 is 26.2 Å². The third-order valence-electron chi connectivity index (χ3n) is 7.07. The van der Waals surface area contributed by atoms with Gasteiger partial charge in [-0.1, -0.05) is 6.07 Å². The third-order valence-corrected chi connectivity index (χ3v) is 8.10. The first-order chi connectivity index (χ1) is 21.9. The molecule has 47 heavy (non-hydrogen) atoms. The van der Waals surface area contributed by atoms with E-state index in [0.717, 1.165) is 17.8 Å². The molecule has 2 aliphatic heterocycles. The van der Waals surface area contributed by atoms with E-state index in [9.17, 15) is 40.8 Å². The number of hydrogen-bond acceptors (Lipinski definition) is 8. The molecule has 0 aliphatic carbocycles. The number of thiophene rings is 1. The van der Waals surface area contributed by atoms with Gasteiger partial charge in [0.05, 0.1) is 27.5 Å². The molecule has 2 aromatic heterocycles. The summed E-state index contributed by atoms with van der Waals surface area (Å²) in [7, 11) is 0. The van der Waals surface area contributed by atoms with Gasteiger partial charge in [0, 0.05) is 48.6 Å². The van der Waals surface area contributed by atoms with Gasteiger partial charge in [-0.15, -0.1) is 11.3 Å². The van der Waals surface area contributed by atoms with Crippen LogP contribution in [0, 0.1) is 23.0 Å². The largest absolute Gasteiger partial charge is 0.490 e. The number of amides is 1. The van der Waals surface area contributed by atoms with E-state index in [4.69, 9.17) is 25.5 Å². The summed E-state index contributed by atoms with van der Waals surface area (Å²) < 4.78 is 95.7. The first-order valence-electron chi connectivity index (χ1n) is 13.1. The number of carbonyl (C=O) groups excluding carboxylic acids is 1. The van der Waals surface area contributed by atoms with Gasteiger partial charge in [0.25, 0.3) is 5.91 Å². The number of benzene rings is 2. The molecule has 1 fully saturated rings. The Labute approximate surface area is 261 Å². The Morgan fingerprint density at radius 2 is 1.66 bits per heavy atom. The summed E-state index contributed by atoms with van der Waals surface area (Å²) in [6.45, 7) is 2.51. The molecule has 1 atom stereocenters. The number of fused-ring (bicyclic) bond motifs is 2. The van der Waals surface area contributed by atoms with Crippen LogP contribution in [0.25, 0.3) is 32.1 Å². The molecule has 4 aromatic rings. The quantitative estimate of drug-likeness (QED) is 0.206. The van der Waals surface area contributed by atoms with Crippen molar-refractivity contribution in [1.29, 1.82) is 5.26 Å². The number of alkyl halides is 6. The van der Waals surface area contributed by atoms with Crippen LogP contribution in [0.2, 0.25) is 0 Å². The summed E-state index contributed by atoms with van der Waals surface area (Å²) in [6, 6.07) is 6.00. The highest BCUT2D eigenvalue weighted by molar-refractivity contribution is 7.23. The molecule has 1 saturated heterocycles. The Kier molecular flexibility index (Phi) is 9.63. The molecule has 2 aliphatic rings. The number of piperazine rings is 1. The Morgan fingerprint density at radius 1 is 1.04 bits per heavy atom. The lowest BCUT2D eigenvalue weighted by molar-refractivity contribution is -0.193. The smallest absolute Gasteiger partial charge is 0.475 e. The number of nitriles is 1. The maximum atomic E-state index is 15.8. The number of aromatic nitrogens is 2. The Bertz CT molecular complexity index is 1910. The van der Waals surface area contributed by atoms with Crippen molar-refractivity contribution in [2.75, 3.05) is 25.4 Å². The van der Waals surface area contributed by atoms with Gasteiger partial charge >= 0.3 is 24.3 Å². The van der Waals surface area contributed by atoms with E-state index in [1.54, 1.807) is 10.9 Å². The van der Waals surface area contributed by atoms with Crippen molar-refractivity contribution < 1.29 is 59.7 Å². The number of carboxylic acid groups (broad SMARTS) is 2. The van der Waals surface area contributed by atoms with E-state index in [1.165, 1.54) is 18.2 Å². The number of carboxylic acids is 2. The van der Waals surface area contributed by atoms with Crippen molar-refractivity contribution in [3.8, 4) is 17.2 Å². The summed E-state index contributed by atoms with van der Waals surface area (Å²) in [5.41, 5.74) is 7.44. The number of carbonyl (C=O) groups is 3. The van der Waals surface area contributed by atoms with E-state index >= 15 is 4.39 Å². The van der Waals surface area contributed by atoms with Crippen molar-refractivity contribution >= 4 is 55.2 Å². The lowest BCUT2D eigenvalue weighted by atomic mass is 9.93. The van der Waals surface area contributed by atoms with Crippen LogP contribution >= 0.6 is 11.3 Å². The summed E-state index contributed by atoms with van der Waals surface area (Å²) in [5.74, 6) is -6.88. The van der Waals surface area contributed by atoms with Gasteiger partial charge in [-0.2, -0.15) is 36.7 Å². The fourth-order valence-corrected chi connectivity index (χ4v) is 6.02. The summed E-state index contributed by atoms with van der Waals surface area (Å²) in [5, 5.41) is 32.6. The molecule has 1 unspecified atom stereocenters. The van der Waals surface area contributed by atoms with Crippen molar-refractivity contribution in [2.45, 2.75) is 31.4 Å². The van der Waals surface area contributed by atoms with E-state index in [1.807, 2.05) is 11.0 Å². The van der Waals surface area contributed by atoms with E-state index in [-0.39, 0.29) is 43.7 Å². The van der Waals surface area contributed by atoms with Crippen LogP contribution in [0.15, 0.2) is 24.4 Å². The molecule has 1 amide bonds. The minimum Gasteiger partial charge on any atom is -0.475 e. The van der Waals surface area contributed by atoms with Gasteiger partial charge in [-0.3, -0.25) is 9.48 Å². The highest BCUT2D eigenvalue weighted by Gasteiger charge is 2.39. The van der Waals surface area contributed by atoms with Gasteiger partial charge in [-0.05, 0) is 24.1 Å². The molecule has 11 nitrogen and oxygen atoms in total. The van der Waals surface area contributed by atoms with Crippen LogP contribution < -0.4 is 11.1 Å². The molecule has 0 radical (unpaired) electrons. The first kappa shape index (κ1) is 34.8. The molecule has 5 N–H and O–H groups in total. The predicted molar refractivity (Wildman–Crippen MR) is 149 cm³/mol. The van der Waals surface area contributed by atoms with Gasteiger partial charge in [0.15, 0.2) is 0 Å². The summed E-state index contributed by atoms with van der Waals surface area (Å²) in [4.78, 5) is 33.1. The van der Waals surface area contributed by atoms with E-state index < -0.39 is 35.9 Å². The number of rotatable bonds is 1. The topological polar surface area (TPSA) is 175 Å². The summed E-state index contributed by atoms with van der Waals surface area (Å²) >= 11 is 0.963. The molecule has 4 heterocycles. The second-order valence-corrected chi connectivity index (χ2v) is 11.0. The third kappa shape index (κ3) is 6.90. The molecule has 0 spiro atoms. The summed E-state index contributed by atoms with van der Waals surface area (Å²) in [6.07, 6.45) is -7.90. The number of aliphatic carboxylic acids is 2. The normalized spacial score (nSPS) is 16.2. The van der Waals surface area contributed by atoms with Crippen LogP contribution in [0.3, 0.4) is 0 Å². The predicted octanol–water partition coefficient (Wildman–Crippen LogP) is 4.73. The van der Waals surface area contributed by atoms with Crippen molar-refractivity contribution in [3.63, 3.8) is 0 Å². The van der Waals surface area contributed by atoms with Crippen molar-refractivity contribution in [2.24, 2.45) is 0 Å². The number of nitrogens with one attached hydrogen (secondary N) is 1. The maximum Gasteiger partial charge on any atom is 0.490 e. The minimum absolute atomic E-state index is 0.0186. The zero-order valence-corrected chi connectivity index (χ0v) is 24.2. The SMILES string of the molecule is N#Cc1c(N)sc2c(F)ccc(-c3c(F)cc4c5c3cnn5CCC3CNCCN3C4=O)c12.O=C(O)C(F)(F)F.O=C(O)C(F)(F)F. The fourth-order valence-electron chi connectivity index (χ4n) is 5.08. The number of nitrogens with zero attached hydrogens (tertiary/aromatic N) is 4. The molecule has 2 aromatic carbocycles. The van der Waals surface area contributed by atoms with E-state index in [0.29, 0.717) is 42.6 Å². The highest BCUT2D eigenvalue weighted by Crippen LogP contribution is 2.44. The lowest BCUT2D eigenvalue weighted by Gasteiger charge is -2.37. The number of halogens is 8. The molecule has 0 saturated carbocycles. The minimum atomic E-state index is -5.08. The number of nitrogens with two attached hydrogens (primary N) is 1. The van der Waals surface area contributed by atoms with Gasteiger partial charge in [0.1, 0.15) is 22.7 Å². The number of aryl methyl sites for hydroxylation is 1. The van der Waals surface area contributed by atoms with E-state index in [2.05, 4.69) is 10.4 Å². The standard InChI is InChI=1S/C23H18F2N6OS.2C2HF3O2/c24-16-2-1-12(19-14(8-26)22(27)33-21(16)19)18-15-10-29-31-5-3-11-9-28-4-6-30(11)23(32)13(20(15)31)7-17(18)25;2*3-2(4,5)1(6)7/h1-2,7,10-11,28H,3-6,9,27H2;2*(H,6,7). The number of nitrogen functional groups attached to an aromatic ring is 1. The van der Waals surface area contributed by atoms with Gasteiger partial charge in [0.2, 0.25) is 0 Å². The molecular formula is C27H20F8N6O5S. The molecular weight excluding hydrogens is 672 g/mol. The van der Waals surface area contributed by atoms with Gasteiger partial charge in [-0.25, -0.2) is 18.4 Å². The fraction of sp³-hybridized carbons (Fsp3) is 0.296. The van der Waals surface area contributed by atoms with Crippen molar-refractivity contribution in [1.82, 2.24) is 20.0 Å². The Morgan fingerprint density at radius 3 is 2.23 bits per heavy atom. The average molecular weight is 693 g/mol. The van der Waals surface area contributed by atoms with Crippen LogP contribution in [0.5, 0.6) is 0 Å². The molecule has 6 rings (SSSR count). The van der Waals surface area contributed by atoms with Crippen LogP contribution in [-0.2, 0) is 16.1 Å². The Hall–Kier alpha value is -5.03. The molecule has 0 bridgehead atoms. The zero-order chi connectivity index (χ0) is 35.0. The molecule has 20 heteroatoms. The average Bonchev–Trinajstić information content (AvgIpc) is 3.56.